The van der Waals surface area contributed by atoms with Gasteiger partial charge < -0.3 is 0 Å². The Bertz CT molecular complexity index is 876. The maximum atomic E-state index is 13.5. The molecule has 1 unspecified atom stereocenters. The van der Waals surface area contributed by atoms with E-state index in [4.69, 9.17) is 6.42 Å². The van der Waals surface area contributed by atoms with Crippen LogP contribution in [0.25, 0.3) is 0 Å². The summed E-state index contributed by atoms with van der Waals surface area (Å²) in [5.74, 6) is 3.04. The van der Waals surface area contributed by atoms with Gasteiger partial charge in [-0.15, -0.1) is 6.42 Å². The second-order valence-electron chi connectivity index (χ2n) is 7.36. The van der Waals surface area contributed by atoms with Gasteiger partial charge in [-0.2, -0.15) is 4.31 Å². The van der Waals surface area contributed by atoms with Gasteiger partial charge in [-0.1, -0.05) is 73.2 Å². The molecule has 0 radical (unpaired) electrons. The van der Waals surface area contributed by atoms with Gasteiger partial charge in [-0.25, -0.2) is 8.42 Å². The minimum atomic E-state index is -3.69. The van der Waals surface area contributed by atoms with E-state index in [1.54, 1.807) is 16.4 Å². The smallest absolute Gasteiger partial charge is 0.207 e. The zero-order valence-electron chi connectivity index (χ0n) is 15.8. The van der Waals surface area contributed by atoms with E-state index < -0.39 is 16.1 Å². The average molecular weight is 382 g/mol. The first-order valence-electron chi connectivity index (χ1n) is 9.61. The monoisotopic (exact) mass is 381 g/mol. The second kappa shape index (κ2) is 8.73. The lowest BCUT2D eigenvalue weighted by atomic mass is 9.84. The molecule has 0 aromatic heterocycles. The molecule has 0 amide bonds. The summed E-state index contributed by atoms with van der Waals surface area (Å²) < 4.78 is 28.6. The van der Waals surface area contributed by atoms with Crippen molar-refractivity contribution in [1.82, 2.24) is 4.31 Å². The van der Waals surface area contributed by atoms with Gasteiger partial charge in [0.2, 0.25) is 10.0 Å². The van der Waals surface area contributed by atoms with Crippen LogP contribution in [0, 0.1) is 25.2 Å². The Morgan fingerprint density at radius 2 is 1.67 bits per heavy atom. The van der Waals surface area contributed by atoms with Gasteiger partial charge in [0, 0.05) is 6.54 Å². The maximum Gasteiger partial charge on any atom is 0.244 e. The molecule has 2 aromatic carbocycles. The molecule has 1 atom stereocenters. The van der Waals surface area contributed by atoms with Gasteiger partial charge in [0.05, 0.1) is 10.9 Å². The molecule has 0 spiro atoms. The van der Waals surface area contributed by atoms with E-state index in [0.717, 1.165) is 36.8 Å². The lowest BCUT2D eigenvalue weighted by Gasteiger charge is -2.35. The summed E-state index contributed by atoms with van der Waals surface area (Å²) in [7, 11) is -3.69. The van der Waals surface area contributed by atoms with Crippen LogP contribution in [0.15, 0.2) is 59.5 Å². The van der Waals surface area contributed by atoms with Crippen LogP contribution < -0.4 is 0 Å². The lowest BCUT2D eigenvalue weighted by molar-refractivity contribution is 0.229. The summed E-state index contributed by atoms with van der Waals surface area (Å²) in [5, 5.41) is 0. The first-order valence-corrected chi connectivity index (χ1v) is 11.0. The molecule has 3 nitrogen and oxygen atoms in total. The predicted octanol–water partition coefficient (Wildman–Crippen LogP) is 4.77. The molecular weight excluding hydrogens is 354 g/mol. The van der Waals surface area contributed by atoms with Crippen molar-refractivity contribution >= 4 is 10.0 Å². The molecule has 0 bridgehead atoms. The molecule has 1 saturated carbocycles. The third kappa shape index (κ3) is 4.61. The molecule has 4 heteroatoms. The van der Waals surface area contributed by atoms with E-state index in [2.05, 4.69) is 5.92 Å². The largest absolute Gasteiger partial charge is 0.244 e. The van der Waals surface area contributed by atoms with Crippen molar-refractivity contribution in [1.29, 1.82) is 0 Å². The minimum absolute atomic E-state index is 0.215. The number of nitrogens with zero attached hydrogens (tertiary/aromatic N) is 1. The normalized spacial score (nSPS) is 16.8. The predicted molar refractivity (Wildman–Crippen MR) is 110 cm³/mol. The third-order valence-corrected chi connectivity index (χ3v) is 7.23. The van der Waals surface area contributed by atoms with E-state index in [-0.39, 0.29) is 5.92 Å². The van der Waals surface area contributed by atoms with Crippen molar-refractivity contribution < 1.29 is 8.42 Å². The number of terminal acetylenes is 1. The van der Waals surface area contributed by atoms with Crippen molar-refractivity contribution in [2.45, 2.75) is 56.5 Å². The third-order valence-electron chi connectivity index (χ3n) is 5.39. The van der Waals surface area contributed by atoms with Gasteiger partial charge in [0.1, 0.15) is 0 Å². The van der Waals surface area contributed by atoms with Crippen LogP contribution in [-0.4, -0.2) is 18.8 Å². The maximum absolute atomic E-state index is 13.5. The van der Waals surface area contributed by atoms with Gasteiger partial charge in [-0.05, 0) is 43.4 Å². The molecule has 0 saturated heterocycles. The number of hydrogen-bond donors (Lipinski definition) is 0. The minimum Gasteiger partial charge on any atom is -0.207 e. The van der Waals surface area contributed by atoms with Crippen molar-refractivity contribution in [3.05, 3.63) is 65.7 Å². The summed E-state index contributed by atoms with van der Waals surface area (Å²) in [4.78, 5) is 0.306. The number of sulfonamides is 1. The van der Waals surface area contributed by atoms with Crippen LogP contribution in [0.2, 0.25) is 0 Å². The fraction of sp³-hybridized carbons (Fsp3) is 0.391. The molecule has 1 aliphatic carbocycles. The summed E-state index contributed by atoms with van der Waals surface area (Å²) in [6.07, 6.45) is 11.3. The standard InChI is InChI=1S/C23H27NO2S/c1-3-23(21-12-8-5-9-13-21)24(18-20-10-6-4-7-11-20)27(25,26)22-16-14-19(2)15-17-22/h1,4,6-7,10-11,14-17,21,23H,5,8-9,12-13,18H2,2H3. The molecule has 0 heterocycles. The number of hydrogen-bond acceptors (Lipinski definition) is 2. The number of benzene rings is 2. The number of aryl methyl sites for hydroxylation is 1. The van der Waals surface area contributed by atoms with E-state index >= 15 is 0 Å². The van der Waals surface area contributed by atoms with E-state index in [0.29, 0.717) is 11.4 Å². The molecular formula is C23H27NO2S. The van der Waals surface area contributed by atoms with Crippen molar-refractivity contribution in [2.75, 3.05) is 0 Å². The van der Waals surface area contributed by atoms with Crippen molar-refractivity contribution in [3.63, 3.8) is 0 Å². The van der Waals surface area contributed by atoms with Gasteiger partial charge in [0.15, 0.2) is 0 Å². The van der Waals surface area contributed by atoms with E-state index in [1.165, 1.54) is 6.42 Å². The fourth-order valence-corrected chi connectivity index (χ4v) is 5.45. The highest BCUT2D eigenvalue weighted by Gasteiger charge is 2.35. The van der Waals surface area contributed by atoms with Crippen molar-refractivity contribution in [2.24, 2.45) is 5.92 Å². The summed E-state index contributed by atoms with van der Waals surface area (Å²) in [5.41, 5.74) is 1.98. The zero-order chi connectivity index (χ0) is 19.3. The average Bonchev–Trinajstić information content (AvgIpc) is 2.70. The Kier molecular flexibility index (Phi) is 6.36. The molecule has 27 heavy (non-hydrogen) atoms. The zero-order valence-corrected chi connectivity index (χ0v) is 16.7. The highest BCUT2D eigenvalue weighted by Crippen LogP contribution is 2.32. The highest BCUT2D eigenvalue weighted by molar-refractivity contribution is 7.89. The Morgan fingerprint density at radius 3 is 2.26 bits per heavy atom. The Hall–Kier alpha value is -2.09. The van der Waals surface area contributed by atoms with E-state index in [9.17, 15) is 8.42 Å². The summed E-state index contributed by atoms with van der Waals surface area (Å²) >= 11 is 0. The Balaban J connectivity index is 2.00. The highest BCUT2D eigenvalue weighted by atomic mass is 32.2. The van der Waals surface area contributed by atoms with Crippen LogP contribution in [0.3, 0.4) is 0 Å². The molecule has 0 aliphatic heterocycles. The molecule has 2 aromatic rings. The van der Waals surface area contributed by atoms with Crippen LogP contribution in [0.4, 0.5) is 0 Å². The first-order chi connectivity index (χ1) is 13.0. The quantitative estimate of drug-likeness (QED) is 0.676. The number of rotatable bonds is 6. The first kappa shape index (κ1) is 19.7. The SMILES string of the molecule is C#CC(C1CCCCC1)N(Cc1ccccc1)S(=O)(=O)c1ccc(C)cc1. The molecule has 3 rings (SSSR count). The molecule has 1 fully saturated rings. The Labute approximate surface area is 163 Å². The van der Waals surface area contributed by atoms with Crippen LogP contribution in [-0.2, 0) is 16.6 Å². The lowest BCUT2D eigenvalue weighted by Crippen LogP contribution is -2.43. The van der Waals surface area contributed by atoms with Crippen LogP contribution >= 0.6 is 0 Å². The summed E-state index contributed by atoms with van der Waals surface area (Å²) in [6.45, 7) is 2.24. The summed E-state index contributed by atoms with van der Waals surface area (Å²) in [6, 6.07) is 16.3. The van der Waals surface area contributed by atoms with Gasteiger partial charge in [0.25, 0.3) is 0 Å². The van der Waals surface area contributed by atoms with Gasteiger partial charge >= 0.3 is 0 Å². The molecule has 1 aliphatic rings. The molecule has 0 N–H and O–H groups in total. The van der Waals surface area contributed by atoms with Gasteiger partial charge in [-0.3, -0.25) is 0 Å². The molecule has 142 valence electrons. The van der Waals surface area contributed by atoms with E-state index in [1.807, 2.05) is 49.4 Å². The Morgan fingerprint density at radius 1 is 1.04 bits per heavy atom. The fourth-order valence-electron chi connectivity index (χ4n) is 3.85. The van der Waals surface area contributed by atoms with Crippen molar-refractivity contribution in [3.8, 4) is 12.3 Å². The van der Waals surface area contributed by atoms with Crippen LogP contribution in [0.5, 0.6) is 0 Å². The van der Waals surface area contributed by atoms with Crippen LogP contribution in [0.1, 0.15) is 43.2 Å². The second-order valence-corrected chi connectivity index (χ2v) is 9.25. The topological polar surface area (TPSA) is 37.4 Å².